The molecular formula is C4H6FeN4O2. The maximum Gasteiger partial charge on any atom is 2.00 e. The van der Waals surface area contributed by atoms with Gasteiger partial charge in [-0.1, -0.05) is 0 Å². The summed E-state index contributed by atoms with van der Waals surface area (Å²) >= 11 is 0. The number of hydrogen-bond donors (Lipinski definition) is 0. The number of hydrogen-bond acceptors (Lipinski definition) is 2. The van der Waals surface area contributed by atoms with Crippen LogP contribution in [0.15, 0.2) is 0 Å². The second-order valence-electron chi connectivity index (χ2n) is 0.447. The average molecular weight is 198 g/mol. The van der Waals surface area contributed by atoms with Gasteiger partial charge in [0.05, 0.1) is 0 Å². The molecule has 62 valence electrons. The van der Waals surface area contributed by atoms with Crippen LogP contribution < -0.4 is 0 Å². The largest absolute Gasteiger partial charge is 2.00 e. The van der Waals surface area contributed by atoms with Gasteiger partial charge in [0, 0.05) is 0 Å². The summed E-state index contributed by atoms with van der Waals surface area (Å²) in [6.07, 6.45) is 0. The molecule has 0 heterocycles. The van der Waals surface area contributed by atoms with Crippen LogP contribution in [0.4, 0.5) is 0 Å². The molecule has 0 aromatic carbocycles. The Morgan fingerprint density at radius 1 is 0.909 bits per heavy atom. The van der Waals surface area contributed by atoms with E-state index in [1.807, 2.05) is 0 Å². The van der Waals surface area contributed by atoms with E-state index in [4.69, 9.17) is 34.1 Å². The normalized spacial score (nSPS) is 2.18. The van der Waals surface area contributed by atoms with Crippen molar-refractivity contribution in [2.24, 2.45) is 0 Å². The van der Waals surface area contributed by atoms with Crippen molar-refractivity contribution in [3.8, 4) is 0 Å². The molecule has 0 fully saturated rings. The molecule has 0 saturated carbocycles. The fourth-order valence-corrected chi connectivity index (χ4v) is 0. The summed E-state index contributed by atoms with van der Waals surface area (Å²) in [6.45, 7) is 11.7. The molecule has 0 amide bonds. The van der Waals surface area contributed by atoms with Gasteiger partial charge >= 0.3 is 17.1 Å². The summed E-state index contributed by atoms with van der Waals surface area (Å²) < 4.78 is 0. The summed E-state index contributed by atoms with van der Waals surface area (Å²) in [5.41, 5.74) is 11.5. The van der Waals surface area contributed by atoms with Crippen molar-refractivity contribution in [3.05, 3.63) is 43.8 Å². The molecule has 0 aliphatic heterocycles. The maximum absolute atomic E-state index is 7.25. The van der Waals surface area contributed by atoms with Crippen molar-refractivity contribution in [1.82, 2.24) is 0 Å². The Hall–Kier alpha value is -1.30. The van der Waals surface area contributed by atoms with Crippen LogP contribution in [0.25, 0.3) is 20.9 Å². The third-order valence-electron chi connectivity index (χ3n) is 0. The zero-order valence-corrected chi connectivity index (χ0v) is 7.06. The van der Waals surface area contributed by atoms with Crippen molar-refractivity contribution in [3.63, 3.8) is 0 Å². The van der Waals surface area contributed by atoms with E-state index >= 15 is 0 Å². The van der Waals surface area contributed by atoms with Crippen LogP contribution in [-0.2, 0) is 17.1 Å². The molecule has 6 nitrogen and oxygen atoms in total. The second kappa shape index (κ2) is 1050. The summed E-state index contributed by atoms with van der Waals surface area (Å²) in [4.78, 5) is 20.0. The molecule has 0 aliphatic carbocycles. The Bertz CT molecular complexity index is 93.6. The molecule has 0 aliphatic rings. The van der Waals surface area contributed by atoms with Gasteiger partial charge in [0.1, 0.15) is 0 Å². The number of nitrogens with zero attached hydrogens (tertiary/aromatic N) is 4. The van der Waals surface area contributed by atoms with Gasteiger partial charge in [0.25, 0.3) is 0 Å². The maximum atomic E-state index is 7.25. The predicted molar refractivity (Wildman–Crippen MR) is 38.5 cm³/mol. The van der Waals surface area contributed by atoms with E-state index in [1.165, 1.54) is 14.1 Å². The van der Waals surface area contributed by atoms with E-state index in [0.29, 0.717) is 0 Å². The van der Waals surface area contributed by atoms with Crippen molar-refractivity contribution < 1.29 is 17.1 Å². The van der Waals surface area contributed by atoms with Crippen molar-refractivity contribution in [2.75, 3.05) is 14.1 Å². The Balaban J connectivity index is -0.0000000144. The van der Waals surface area contributed by atoms with Crippen LogP contribution in [0.3, 0.4) is 0 Å². The molecule has 0 radical (unpaired) electrons. The van der Waals surface area contributed by atoms with Crippen LogP contribution in [0.5, 0.6) is 0 Å². The fraction of sp³-hybridized carbons (Fsp3) is 0.500. The molecule has 0 saturated heterocycles. The first-order valence-electron chi connectivity index (χ1n) is 1.71. The minimum absolute atomic E-state index is 0. The molecule has 0 spiro atoms. The van der Waals surface area contributed by atoms with Crippen molar-refractivity contribution in [2.45, 2.75) is 0 Å². The van der Waals surface area contributed by atoms with Gasteiger partial charge in [0.15, 0.2) is 0 Å². The zero-order chi connectivity index (χ0) is 9.41. The summed E-state index contributed by atoms with van der Waals surface area (Å²) in [5, 5.41) is 0. The molecule has 0 N–H and O–H groups in total. The molecule has 11 heavy (non-hydrogen) atoms. The van der Waals surface area contributed by atoms with Gasteiger partial charge in [-0.05, 0) is 0 Å². The molecular weight excluding hydrogens is 192 g/mol. The Labute approximate surface area is 75.6 Å². The van der Waals surface area contributed by atoms with E-state index < -0.39 is 0 Å². The van der Waals surface area contributed by atoms with Gasteiger partial charge < -0.3 is 30.7 Å². The van der Waals surface area contributed by atoms with E-state index in [0.717, 1.165) is 0 Å². The van der Waals surface area contributed by atoms with E-state index in [1.54, 1.807) is 0 Å². The summed E-state index contributed by atoms with van der Waals surface area (Å²) in [5.74, 6) is 0. The van der Waals surface area contributed by atoms with Crippen molar-refractivity contribution >= 4 is 0 Å². The first kappa shape index (κ1) is 33.2. The van der Waals surface area contributed by atoms with Crippen LogP contribution in [-0.4, -0.2) is 14.1 Å². The van der Waals surface area contributed by atoms with Crippen LogP contribution >= 0.6 is 0 Å². The minimum Gasteiger partial charge on any atom is -0.577 e. The zero-order valence-electron chi connectivity index (χ0n) is 5.96. The summed E-state index contributed by atoms with van der Waals surface area (Å²) in [7, 11) is 2.83. The number of nitroso groups, excluding NO2 is 2. The Kier molecular flexibility index (Phi) is 3180. The second-order valence-corrected chi connectivity index (χ2v) is 0.447. The molecule has 0 atom stereocenters. The van der Waals surface area contributed by atoms with E-state index in [2.05, 4.69) is 9.69 Å². The predicted octanol–water partition coefficient (Wildman–Crippen LogP) is 1.71. The first-order chi connectivity index (χ1) is 4.83. The standard InChI is InChI=1S/2C2H3N.Fe.2NO/c2*1-3-2;;2*1-2/h2*1H3;;;/q;;+2;2*-1. The Morgan fingerprint density at radius 2 is 0.909 bits per heavy atom. The molecule has 0 rings (SSSR count). The van der Waals surface area contributed by atoms with Gasteiger partial charge in [-0.3, -0.25) is 0 Å². The average Bonchev–Trinajstić information content (AvgIpc) is 1.99. The number of rotatable bonds is 0. The smallest absolute Gasteiger partial charge is 0.577 e. The van der Waals surface area contributed by atoms with E-state index in [9.17, 15) is 0 Å². The van der Waals surface area contributed by atoms with E-state index in [-0.39, 0.29) is 17.1 Å². The SMILES string of the molecule is [C-]#[N+]C.[C-]#[N+]C.[Fe+2].[N-]=O.[N-]=O. The van der Waals surface area contributed by atoms with Crippen LogP contribution in [0.1, 0.15) is 0 Å². The molecule has 0 bridgehead atoms. The quantitative estimate of drug-likeness (QED) is 0.438. The monoisotopic (exact) mass is 198 g/mol. The van der Waals surface area contributed by atoms with Crippen molar-refractivity contribution in [1.29, 1.82) is 0 Å². The molecule has 0 unspecified atom stereocenters. The third kappa shape index (κ3) is 231. The first-order valence-corrected chi connectivity index (χ1v) is 1.71. The Morgan fingerprint density at radius 3 is 0.909 bits per heavy atom. The van der Waals surface area contributed by atoms with Gasteiger partial charge in [0.2, 0.25) is 14.1 Å². The van der Waals surface area contributed by atoms with Crippen LogP contribution in [0.2, 0.25) is 0 Å². The fourth-order valence-electron chi connectivity index (χ4n) is 0. The van der Waals surface area contributed by atoms with Crippen LogP contribution in [0, 0.1) is 23.0 Å². The topological polar surface area (TPSA) is 87.5 Å². The molecule has 0 aromatic heterocycles. The van der Waals surface area contributed by atoms with Gasteiger partial charge in [-0.2, -0.15) is 0 Å². The van der Waals surface area contributed by atoms with Gasteiger partial charge in [-0.15, -0.1) is 0 Å². The third-order valence-corrected chi connectivity index (χ3v) is 0. The molecule has 7 heteroatoms. The molecule has 0 aromatic rings. The summed E-state index contributed by atoms with van der Waals surface area (Å²) in [6, 6.07) is 0. The van der Waals surface area contributed by atoms with Gasteiger partial charge in [-0.25, -0.2) is 13.1 Å². The minimum atomic E-state index is 0.